The number of anilines is 1. The lowest BCUT2D eigenvalue weighted by atomic mass is 9.68. The van der Waals surface area contributed by atoms with Gasteiger partial charge in [0.2, 0.25) is 0 Å². The smallest absolute Gasteiger partial charge is 0.148 e. The number of hydrogen-bond donors (Lipinski definition) is 1. The molecule has 98 valence electrons. The van der Waals surface area contributed by atoms with Gasteiger partial charge in [0.15, 0.2) is 0 Å². The highest BCUT2D eigenvalue weighted by Crippen LogP contribution is 2.62. The van der Waals surface area contributed by atoms with Gasteiger partial charge in [-0.1, -0.05) is 20.8 Å². The highest BCUT2D eigenvalue weighted by atomic mass is 15.2. The molecule has 0 radical (unpaired) electrons. The third kappa shape index (κ3) is 1.63. The van der Waals surface area contributed by atoms with E-state index in [1.165, 1.54) is 19.3 Å². The predicted molar refractivity (Wildman–Crippen MR) is 73.4 cm³/mol. The van der Waals surface area contributed by atoms with Gasteiger partial charge < -0.3 is 5.32 Å². The number of fused-ring (bicyclic) bond motifs is 2. The summed E-state index contributed by atoms with van der Waals surface area (Å²) < 4.78 is 0. The Morgan fingerprint density at radius 3 is 2.56 bits per heavy atom. The standard InChI is InChI=1S/C15H23N3/c1-10-5-6-12(18-17-10)16-13-14(2,3)11-7-8-15(13,4)9-11/h5-6,11,13H,7-9H2,1-4H3,(H,16,18). The van der Waals surface area contributed by atoms with Gasteiger partial charge in [0, 0.05) is 6.04 Å². The molecule has 2 aliphatic carbocycles. The fraction of sp³-hybridized carbons (Fsp3) is 0.733. The summed E-state index contributed by atoms with van der Waals surface area (Å²) >= 11 is 0. The van der Waals surface area contributed by atoms with Crippen LogP contribution in [0, 0.1) is 23.7 Å². The molecule has 0 saturated heterocycles. The van der Waals surface area contributed by atoms with Gasteiger partial charge in [-0.25, -0.2) is 0 Å². The van der Waals surface area contributed by atoms with Gasteiger partial charge in [-0.2, -0.15) is 5.10 Å². The molecule has 1 heterocycles. The summed E-state index contributed by atoms with van der Waals surface area (Å²) in [5.41, 5.74) is 1.76. The molecular formula is C15H23N3. The molecule has 1 N–H and O–H groups in total. The molecule has 2 bridgehead atoms. The molecule has 1 aromatic rings. The van der Waals surface area contributed by atoms with Crippen LogP contribution in [-0.2, 0) is 0 Å². The molecule has 2 saturated carbocycles. The zero-order valence-corrected chi connectivity index (χ0v) is 11.8. The van der Waals surface area contributed by atoms with E-state index in [9.17, 15) is 0 Å². The molecule has 0 aromatic carbocycles. The second kappa shape index (κ2) is 3.69. The van der Waals surface area contributed by atoms with E-state index in [4.69, 9.17) is 0 Å². The Bertz CT molecular complexity index is 447. The molecule has 3 rings (SSSR count). The summed E-state index contributed by atoms with van der Waals surface area (Å²) in [5.74, 6) is 1.78. The molecule has 0 spiro atoms. The lowest BCUT2D eigenvalue weighted by molar-refractivity contribution is 0.155. The van der Waals surface area contributed by atoms with Gasteiger partial charge in [0.25, 0.3) is 0 Å². The second-order valence-electron chi connectivity index (χ2n) is 7.05. The van der Waals surface area contributed by atoms with E-state index < -0.39 is 0 Å². The van der Waals surface area contributed by atoms with E-state index in [1.54, 1.807) is 0 Å². The monoisotopic (exact) mass is 245 g/mol. The lowest BCUT2D eigenvalue weighted by Gasteiger charge is -2.43. The Morgan fingerprint density at radius 1 is 1.22 bits per heavy atom. The maximum Gasteiger partial charge on any atom is 0.148 e. The summed E-state index contributed by atoms with van der Waals surface area (Å²) in [4.78, 5) is 0. The summed E-state index contributed by atoms with van der Waals surface area (Å²) in [6, 6.07) is 4.59. The van der Waals surface area contributed by atoms with Gasteiger partial charge in [-0.15, -0.1) is 5.10 Å². The van der Waals surface area contributed by atoms with Crippen LogP contribution >= 0.6 is 0 Å². The van der Waals surface area contributed by atoms with E-state index in [-0.39, 0.29) is 0 Å². The van der Waals surface area contributed by atoms with Crippen molar-refractivity contribution in [3.63, 3.8) is 0 Å². The molecular weight excluding hydrogens is 222 g/mol. The fourth-order valence-electron chi connectivity index (χ4n) is 4.29. The van der Waals surface area contributed by atoms with Crippen LogP contribution in [0.2, 0.25) is 0 Å². The van der Waals surface area contributed by atoms with Crippen LogP contribution in [0.3, 0.4) is 0 Å². The number of nitrogens with zero attached hydrogens (tertiary/aromatic N) is 2. The van der Waals surface area contributed by atoms with Crippen LogP contribution in [0.25, 0.3) is 0 Å². The molecule has 0 aliphatic heterocycles. The maximum atomic E-state index is 4.26. The van der Waals surface area contributed by atoms with Gasteiger partial charge in [-0.3, -0.25) is 0 Å². The molecule has 3 heteroatoms. The largest absolute Gasteiger partial charge is 0.365 e. The molecule has 2 aliphatic rings. The van der Waals surface area contributed by atoms with E-state index in [0.717, 1.165) is 17.4 Å². The zero-order valence-electron chi connectivity index (χ0n) is 11.8. The summed E-state index contributed by atoms with van der Waals surface area (Å²) in [7, 11) is 0. The van der Waals surface area contributed by atoms with Crippen molar-refractivity contribution in [2.24, 2.45) is 16.7 Å². The van der Waals surface area contributed by atoms with Gasteiger partial charge in [0.1, 0.15) is 5.82 Å². The topological polar surface area (TPSA) is 37.8 Å². The van der Waals surface area contributed by atoms with Gasteiger partial charge >= 0.3 is 0 Å². The Kier molecular flexibility index (Phi) is 2.45. The van der Waals surface area contributed by atoms with Crippen LogP contribution in [0.15, 0.2) is 12.1 Å². The molecule has 0 amide bonds. The number of nitrogens with one attached hydrogen (secondary N) is 1. The Morgan fingerprint density at radius 2 is 2.00 bits per heavy atom. The van der Waals surface area contributed by atoms with Crippen LogP contribution < -0.4 is 5.32 Å². The van der Waals surface area contributed by atoms with Crippen LogP contribution in [0.1, 0.15) is 45.7 Å². The number of rotatable bonds is 2. The maximum absolute atomic E-state index is 4.26. The van der Waals surface area contributed by atoms with Crippen molar-refractivity contribution in [1.29, 1.82) is 0 Å². The quantitative estimate of drug-likeness (QED) is 0.867. The first-order chi connectivity index (χ1) is 8.42. The first-order valence-electron chi connectivity index (χ1n) is 6.99. The van der Waals surface area contributed by atoms with Crippen molar-refractivity contribution in [3.8, 4) is 0 Å². The molecule has 1 aromatic heterocycles. The molecule has 3 nitrogen and oxygen atoms in total. The third-order valence-electron chi connectivity index (χ3n) is 5.36. The molecule has 18 heavy (non-hydrogen) atoms. The number of aromatic nitrogens is 2. The van der Waals surface area contributed by atoms with Crippen molar-refractivity contribution < 1.29 is 0 Å². The van der Waals surface area contributed by atoms with Gasteiger partial charge in [0.05, 0.1) is 5.69 Å². The minimum Gasteiger partial charge on any atom is -0.365 e. The van der Waals surface area contributed by atoms with Crippen molar-refractivity contribution in [2.75, 3.05) is 5.32 Å². The van der Waals surface area contributed by atoms with E-state index >= 15 is 0 Å². The third-order valence-corrected chi connectivity index (χ3v) is 5.36. The average Bonchev–Trinajstić information content (AvgIpc) is 2.78. The van der Waals surface area contributed by atoms with Crippen molar-refractivity contribution in [3.05, 3.63) is 17.8 Å². The minimum atomic E-state index is 0.361. The van der Waals surface area contributed by atoms with Crippen molar-refractivity contribution in [1.82, 2.24) is 10.2 Å². The molecule has 3 unspecified atom stereocenters. The highest BCUT2D eigenvalue weighted by molar-refractivity contribution is 5.37. The minimum absolute atomic E-state index is 0.361. The average molecular weight is 245 g/mol. The fourth-order valence-corrected chi connectivity index (χ4v) is 4.29. The van der Waals surface area contributed by atoms with Crippen LogP contribution in [-0.4, -0.2) is 16.2 Å². The zero-order chi connectivity index (χ0) is 13.0. The van der Waals surface area contributed by atoms with Crippen LogP contribution in [0.5, 0.6) is 0 Å². The van der Waals surface area contributed by atoms with Crippen molar-refractivity contribution >= 4 is 5.82 Å². The van der Waals surface area contributed by atoms with E-state index in [0.29, 0.717) is 16.9 Å². The van der Waals surface area contributed by atoms with Crippen LogP contribution in [0.4, 0.5) is 5.82 Å². The second-order valence-corrected chi connectivity index (χ2v) is 7.05. The summed E-state index contributed by atoms with van der Waals surface area (Å²) in [5, 5.41) is 12.1. The normalized spacial score (nSPS) is 36.9. The summed E-state index contributed by atoms with van der Waals surface area (Å²) in [6.45, 7) is 9.21. The first-order valence-corrected chi connectivity index (χ1v) is 6.99. The number of hydrogen-bond acceptors (Lipinski definition) is 3. The Hall–Kier alpha value is -1.12. The highest BCUT2D eigenvalue weighted by Gasteiger charge is 2.59. The van der Waals surface area contributed by atoms with E-state index in [1.807, 2.05) is 19.1 Å². The molecule has 3 atom stereocenters. The van der Waals surface area contributed by atoms with E-state index in [2.05, 4.69) is 36.3 Å². The number of aryl methyl sites for hydroxylation is 1. The Labute approximate surface area is 109 Å². The predicted octanol–water partition coefficient (Wildman–Crippen LogP) is 3.41. The Balaban J connectivity index is 1.86. The summed E-state index contributed by atoms with van der Waals surface area (Å²) in [6.07, 6.45) is 4.09. The molecule has 2 fully saturated rings. The SMILES string of the molecule is Cc1ccc(NC2C3(C)CCC(C3)C2(C)C)nn1. The van der Waals surface area contributed by atoms with Crippen molar-refractivity contribution in [2.45, 2.75) is 53.0 Å². The first kappa shape index (κ1) is 11.9. The lowest BCUT2D eigenvalue weighted by Crippen LogP contribution is -2.46. The van der Waals surface area contributed by atoms with Gasteiger partial charge in [-0.05, 0) is 55.1 Å².